The van der Waals surface area contributed by atoms with Crippen molar-refractivity contribution < 1.29 is 0 Å². The standard InChI is InChI=1S/C36H24N2/c1-3-11-23(12-4-1)32-22-33(24-13-5-2-6-14-24)38-36(37-32)35-29-18-10-9-17-28(29)34-30(35)20-19-27-26-16-8-7-15-25(26)21-31(27)34/h1-20,22,35H,21H2. The van der Waals surface area contributed by atoms with Crippen molar-refractivity contribution in [3.05, 3.63) is 155 Å². The van der Waals surface area contributed by atoms with Gasteiger partial charge in [0.25, 0.3) is 0 Å². The highest BCUT2D eigenvalue weighted by Gasteiger charge is 2.36. The lowest BCUT2D eigenvalue weighted by Gasteiger charge is -2.16. The van der Waals surface area contributed by atoms with Crippen LogP contribution in [0, 0.1) is 0 Å². The van der Waals surface area contributed by atoms with E-state index in [-0.39, 0.29) is 5.92 Å². The Hall–Kier alpha value is -4.82. The number of fused-ring (bicyclic) bond motifs is 7. The zero-order chi connectivity index (χ0) is 25.1. The highest BCUT2D eigenvalue weighted by Crippen LogP contribution is 2.53. The van der Waals surface area contributed by atoms with Crippen LogP contribution in [0.25, 0.3) is 44.8 Å². The first-order chi connectivity index (χ1) is 18.8. The molecule has 8 rings (SSSR count). The van der Waals surface area contributed by atoms with E-state index in [4.69, 9.17) is 9.97 Å². The van der Waals surface area contributed by atoms with Crippen molar-refractivity contribution in [2.24, 2.45) is 0 Å². The van der Waals surface area contributed by atoms with Crippen LogP contribution in [-0.2, 0) is 6.42 Å². The van der Waals surface area contributed by atoms with E-state index in [1.165, 1.54) is 44.5 Å². The summed E-state index contributed by atoms with van der Waals surface area (Å²) in [4.78, 5) is 10.5. The first-order valence-corrected chi connectivity index (χ1v) is 13.2. The van der Waals surface area contributed by atoms with E-state index in [0.717, 1.165) is 34.8 Å². The Labute approximate surface area is 222 Å². The molecule has 0 spiro atoms. The average molecular weight is 485 g/mol. The molecule has 2 heteroatoms. The molecule has 0 radical (unpaired) electrons. The molecule has 6 aromatic rings. The van der Waals surface area contributed by atoms with E-state index in [2.05, 4.69) is 115 Å². The van der Waals surface area contributed by atoms with Crippen molar-refractivity contribution >= 4 is 0 Å². The number of benzene rings is 5. The maximum absolute atomic E-state index is 5.23. The minimum absolute atomic E-state index is 0.0127. The topological polar surface area (TPSA) is 25.8 Å². The highest BCUT2D eigenvalue weighted by atomic mass is 14.9. The monoisotopic (exact) mass is 484 g/mol. The molecule has 2 aliphatic rings. The fourth-order valence-corrected chi connectivity index (χ4v) is 6.32. The lowest BCUT2D eigenvalue weighted by atomic mass is 9.92. The van der Waals surface area contributed by atoms with Gasteiger partial charge in [-0.05, 0) is 57.0 Å². The molecule has 38 heavy (non-hydrogen) atoms. The van der Waals surface area contributed by atoms with Gasteiger partial charge in [-0.1, -0.05) is 121 Å². The van der Waals surface area contributed by atoms with E-state index < -0.39 is 0 Å². The van der Waals surface area contributed by atoms with Gasteiger partial charge < -0.3 is 0 Å². The molecule has 0 fully saturated rings. The van der Waals surface area contributed by atoms with Gasteiger partial charge in [0.15, 0.2) is 0 Å². The maximum atomic E-state index is 5.23. The lowest BCUT2D eigenvalue weighted by molar-refractivity contribution is 0.879. The van der Waals surface area contributed by atoms with E-state index in [1.54, 1.807) is 0 Å². The third-order valence-electron chi connectivity index (χ3n) is 8.01. The normalized spacial score (nSPS) is 14.5. The van der Waals surface area contributed by atoms with Crippen molar-refractivity contribution in [1.82, 2.24) is 9.97 Å². The van der Waals surface area contributed by atoms with Gasteiger partial charge in [-0.15, -0.1) is 0 Å². The lowest BCUT2D eigenvalue weighted by Crippen LogP contribution is -2.07. The molecule has 0 bridgehead atoms. The van der Waals surface area contributed by atoms with Crippen LogP contribution in [0.1, 0.15) is 34.0 Å². The van der Waals surface area contributed by atoms with E-state index in [9.17, 15) is 0 Å². The zero-order valence-corrected chi connectivity index (χ0v) is 20.8. The van der Waals surface area contributed by atoms with Gasteiger partial charge in [0.05, 0.1) is 17.3 Å². The molecule has 178 valence electrons. The fraction of sp³-hybridized carbons (Fsp3) is 0.0556. The summed E-state index contributed by atoms with van der Waals surface area (Å²) in [5.74, 6) is 0.841. The predicted octanol–water partition coefficient (Wildman–Crippen LogP) is 8.54. The summed E-state index contributed by atoms with van der Waals surface area (Å²) in [6, 6.07) is 45.3. The Morgan fingerprint density at radius 1 is 0.500 bits per heavy atom. The van der Waals surface area contributed by atoms with Gasteiger partial charge in [0.1, 0.15) is 5.82 Å². The summed E-state index contributed by atoms with van der Waals surface area (Å²) >= 11 is 0. The van der Waals surface area contributed by atoms with Crippen LogP contribution >= 0.6 is 0 Å². The molecule has 2 nitrogen and oxygen atoms in total. The summed E-state index contributed by atoms with van der Waals surface area (Å²) in [5, 5.41) is 0. The molecule has 5 aromatic carbocycles. The largest absolute Gasteiger partial charge is 0.232 e. The van der Waals surface area contributed by atoms with Gasteiger partial charge in [0.2, 0.25) is 0 Å². The molecule has 1 aromatic heterocycles. The van der Waals surface area contributed by atoms with Gasteiger partial charge in [-0.3, -0.25) is 0 Å². The molecule has 1 unspecified atom stereocenters. The molecule has 1 heterocycles. The second-order valence-corrected chi connectivity index (χ2v) is 10.1. The quantitative estimate of drug-likeness (QED) is 0.251. The molecule has 0 aliphatic heterocycles. The van der Waals surface area contributed by atoms with Crippen LogP contribution in [0.4, 0.5) is 0 Å². The van der Waals surface area contributed by atoms with Crippen molar-refractivity contribution in [2.75, 3.05) is 0 Å². The molecule has 0 saturated carbocycles. The van der Waals surface area contributed by atoms with Gasteiger partial charge in [-0.25, -0.2) is 9.97 Å². The van der Waals surface area contributed by atoms with Gasteiger partial charge in [-0.2, -0.15) is 0 Å². The molecule has 0 N–H and O–H groups in total. The van der Waals surface area contributed by atoms with Gasteiger partial charge in [0, 0.05) is 11.1 Å². The van der Waals surface area contributed by atoms with E-state index in [0.29, 0.717) is 0 Å². The minimum atomic E-state index is -0.0127. The summed E-state index contributed by atoms with van der Waals surface area (Å²) in [5.41, 5.74) is 14.9. The van der Waals surface area contributed by atoms with Crippen LogP contribution in [-0.4, -0.2) is 9.97 Å². The van der Waals surface area contributed by atoms with Crippen molar-refractivity contribution in [2.45, 2.75) is 12.3 Å². The number of aromatic nitrogens is 2. The molecular weight excluding hydrogens is 460 g/mol. The second kappa shape index (κ2) is 8.36. The third-order valence-corrected chi connectivity index (χ3v) is 8.01. The van der Waals surface area contributed by atoms with Crippen LogP contribution < -0.4 is 0 Å². The average Bonchev–Trinajstić information content (AvgIpc) is 3.53. The Morgan fingerprint density at radius 3 is 1.82 bits per heavy atom. The molecule has 0 saturated heterocycles. The predicted molar refractivity (Wildman–Crippen MR) is 154 cm³/mol. The summed E-state index contributed by atoms with van der Waals surface area (Å²) < 4.78 is 0. The van der Waals surface area contributed by atoms with Crippen molar-refractivity contribution in [1.29, 1.82) is 0 Å². The first kappa shape index (κ1) is 21.3. The smallest absolute Gasteiger partial charge is 0.141 e. The van der Waals surface area contributed by atoms with Crippen molar-refractivity contribution in [3.8, 4) is 44.8 Å². The summed E-state index contributed by atoms with van der Waals surface area (Å²) in [6.45, 7) is 0. The zero-order valence-electron chi connectivity index (χ0n) is 20.8. The van der Waals surface area contributed by atoms with Crippen LogP contribution in [0.15, 0.2) is 127 Å². The number of nitrogens with zero attached hydrogens (tertiary/aromatic N) is 2. The highest BCUT2D eigenvalue weighted by molar-refractivity contribution is 5.91. The Balaban J connectivity index is 1.37. The first-order valence-electron chi connectivity index (χ1n) is 13.2. The summed E-state index contributed by atoms with van der Waals surface area (Å²) in [7, 11) is 0. The molecule has 0 amide bonds. The molecule has 1 atom stereocenters. The number of hydrogen-bond acceptors (Lipinski definition) is 2. The van der Waals surface area contributed by atoms with Crippen LogP contribution in [0.5, 0.6) is 0 Å². The Morgan fingerprint density at radius 2 is 1.11 bits per heavy atom. The summed E-state index contributed by atoms with van der Waals surface area (Å²) in [6.07, 6.45) is 0.968. The number of rotatable bonds is 3. The Kier molecular flexibility index (Phi) is 4.68. The number of hydrogen-bond donors (Lipinski definition) is 0. The fourth-order valence-electron chi connectivity index (χ4n) is 6.32. The molecule has 2 aliphatic carbocycles. The van der Waals surface area contributed by atoms with E-state index >= 15 is 0 Å². The second-order valence-electron chi connectivity index (χ2n) is 10.1. The Bertz CT molecular complexity index is 1780. The maximum Gasteiger partial charge on any atom is 0.141 e. The third kappa shape index (κ3) is 3.20. The SMILES string of the molecule is c1ccc(-c2cc(-c3ccccc3)nc(C3c4ccccc4-c4c3ccc3c4Cc4ccccc4-3)n2)cc1. The molecular formula is C36H24N2. The van der Waals surface area contributed by atoms with Crippen LogP contribution in [0.3, 0.4) is 0 Å². The van der Waals surface area contributed by atoms with E-state index in [1.807, 2.05) is 12.1 Å². The van der Waals surface area contributed by atoms with Crippen LogP contribution in [0.2, 0.25) is 0 Å². The minimum Gasteiger partial charge on any atom is -0.232 e. The van der Waals surface area contributed by atoms with Crippen molar-refractivity contribution in [3.63, 3.8) is 0 Å². The van der Waals surface area contributed by atoms with Gasteiger partial charge >= 0.3 is 0 Å².